The maximum Gasteiger partial charge on any atom is 0.165 e. The van der Waals surface area contributed by atoms with Crippen LogP contribution in [0.25, 0.3) is 22.5 Å². The maximum atomic E-state index is 14.5. The summed E-state index contributed by atoms with van der Waals surface area (Å²) in [4.78, 5) is 4.29. The second kappa shape index (κ2) is 7.66. The molecule has 6 heteroatoms. The molecule has 4 nitrogen and oxygen atoms in total. The molecule has 26 heavy (non-hydrogen) atoms. The van der Waals surface area contributed by atoms with Crippen LogP contribution in [0.4, 0.5) is 8.78 Å². The summed E-state index contributed by atoms with van der Waals surface area (Å²) in [6.45, 7) is 2.48. The predicted octanol–water partition coefficient (Wildman–Crippen LogP) is 4.54. The van der Waals surface area contributed by atoms with Gasteiger partial charge < -0.3 is 14.0 Å². The minimum absolute atomic E-state index is 0.0372. The third-order valence-corrected chi connectivity index (χ3v) is 4.26. The van der Waals surface area contributed by atoms with E-state index >= 15 is 0 Å². The number of benzene rings is 2. The lowest BCUT2D eigenvalue weighted by Crippen LogP contribution is -2.15. The predicted molar refractivity (Wildman–Crippen MR) is 96.0 cm³/mol. The van der Waals surface area contributed by atoms with Gasteiger partial charge in [0.15, 0.2) is 11.6 Å². The normalized spacial score (nSPS) is 12.2. The molecule has 0 radical (unpaired) electrons. The van der Waals surface area contributed by atoms with Crippen LogP contribution >= 0.6 is 0 Å². The van der Waals surface area contributed by atoms with E-state index in [9.17, 15) is 8.78 Å². The van der Waals surface area contributed by atoms with Gasteiger partial charge in [0.05, 0.1) is 25.3 Å². The van der Waals surface area contributed by atoms with E-state index in [-0.39, 0.29) is 17.7 Å². The minimum atomic E-state index is -0.466. The number of halogens is 2. The van der Waals surface area contributed by atoms with Crippen molar-refractivity contribution in [2.24, 2.45) is 0 Å². The quantitative estimate of drug-likeness (QED) is 0.649. The molecule has 0 bridgehead atoms. The van der Waals surface area contributed by atoms with Crippen LogP contribution in [0.1, 0.15) is 6.92 Å². The first kappa shape index (κ1) is 18.1. The molecule has 0 fully saturated rings. The Kier molecular flexibility index (Phi) is 5.32. The van der Waals surface area contributed by atoms with E-state index in [0.717, 1.165) is 0 Å². The molecule has 0 amide bonds. The van der Waals surface area contributed by atoms with Gasteiger partial charge in [-0.15, -0.1) is 0 Å². The van der Waals surface area contributed by atoms with E-state index in [4.69, 9.17) is 9.47 Å². The highest BCUT2D eigenvalue weighted by molar-refractivity contribution is 5.71. The molecule has 2 aromatic carbocycles. The molecule has 3 rings (SSSR count). The number of aromatic nitrogens is 2. The van der Waals surface area contributed by atoms with E-state index in [2.05, 4.69) is 4.98 Å². The topological polar surface area (TPSA) is 36.3 Å². The number of rotatable bonds is 6. The molecule has 136 valence electrons. The van der Waals surface area contributed by atoms with E-state index in [1.165, 1.54) is 19.2 Å². The SMILES string of the molecule is COc1ccc(-c2ccc(F)c(-c3nccn3CC(C)OC)c2)cc1F. The first-order valence-electron chi connectivity index (χ1n) is 8.21. The zero-order valence-corrected chi connectivity index (χ0v) is 14.9. The van der Waals surface area contributed by atoms with Crippen LogP contribution in [-0.4, -0.2) is 29.9 Å². The van der Waals surface area contributed by atoms with Crippen LogP contribution in [0.15, 0.2) is 48.8 Å². The van der Waals surface area contributed by atoms with Crippen LogP contribution in [0.3, 0.4) is 0 Å². The van der Waals surface area contributed by atoms with Gasteiger partial charge in [-0.2, -0.15) is 0 Å². The Morgan fingerprint density at radius 1 is 1.04 bits per heavy atom. The van der Waals surface area contributed by atoms with E-state index in [1.807, 2.05) is 11.5 Å². The fourth-order valence-corrected chi connectivity index (χ4v) is 2.77. The molecule has 0 saturated heterocycles. The van der Waals surface area contributed by atoms with Gasteiger partial charge in [0.1, 0.15) is 11.6 Å². The monoisotopic (exact) mass is 358 g/mol. The zero-order chi connectivity index (χ0) is 18.7. The van der Waals surface area contributed by atoms with Gasteiger partial charge in [-0.05, 0) is 42.3 Å². The highest BCUT2D eigenvalue weighted by Gasteiger charge is 2.15. The van der Waals surface area contributed by atoms with Crippen molar-refractivity contribution in [3.05, 3.63) is 60.4 Å². The van der Waals surface area contributed by atoms with Crippen molar-refractivity contribution in [2.45, 2.75) is 19.6 Å². The van der Waals surface area contributed by atoms with E-state index in [1.54, 1.807) is 43.8 Å². The zero-order valence-electron chi connectivity index (χ0n) is 14.9. The van der Waals surface area contributed by atoms with Gasteiger partial charge in [0, 0.05) is 19.5 Å². The number of hydrogen-bond donors (Lipinski definition) is 0. The van der Waals surface area contributed by atoms with Crippen molar-refractivity contribution in [3.8, 4) is 28.3 Å². The minimum Gasteiger partial charge on any atom is -0.494 e. The van der Waals surface area contributed by atoms with Gasteiger partial charge in [0.25, 0.3) is 0 Å². The highest BCUT2D eigenvalue weighted by Crippen LogP contribution is 2.30. The van der Waals surface area contributed by atoms with Crippen molar-refractivity contribution >= 4 is 0 Å². The molecular formula is C20H20F2N2O2. The fraction of sp³-hybridized carbons (Fsp3) is 0.250. The fourth-order valence-electron chi connectivity index (χ4n) is 2.77. The molecule has 0 spiro atoms. The summed E-state index contributed by atoms with van der Waals surface area (Å²) in [5.41, 5.74) is 1.68. The number of imidazole rings is 1. The summed E-state index contributed by atoms with van der Waals surface area (Å²) in [7, 11) is 3.04. The maximum absolute atomic E-state index is 14.5. The molecule has 1 heterocycles. The lowest BCUT2D eigenvalue weighted by Gasteiger charge is -2.14. The average molecular weight is 358 g/mol. The van der Waals surface area contributed by atoms with Crippen molar-refractivity contribution in [1.82, 2.24) is 9.55 Å². The number of methoxy groups -OCH3 is 2. The van der Waals surface area contributed by atoms with Crippen LogP contribution < -0.4 is 4.74 Å². The molecule has 3 aromatic rings. The molecule has 1 unspecified atom stereocenters. The van der Waals surface area contributed by atoms with Crippen LogP contribution in [0.5, 0.6) is 5.75 Å². The van der Waals surface area contributed by atoms with E-state index < -0.39 is 5.82 Å². The third-order valence-electron chi connectivity index (χ3n) is 4.26. The molecule has 1 aromatic heterocycles. The molecule has 0 aliphatic rings. The molecule has 1 atom stereocenters. The molecule has 0 N–H and O–H groups in total. The Labute approximate surface area is 151 Å². The Morgan fingerprint density at radius 2 is 1.77 bits per heavy atom. The van der Waals surface area contributed by atoms with Crippen molar-refractivity contribution < 1.29 is 18.3 Å². The lowest BCUT2D eigenvalue weighted by molar-refractivity contribution is 0.103. The smallest absolute Gasteiger partial charge is 0.165 e. The summed E-state index contributed by atoms with van der Waals surface area (Å²) in [6.07, 6.45) is 3.37. The van der Waals surface area contributed by atoms with Gasteiger partial charge in [-0.3, -0.25) is 0 Å². The van der Waals surface area contributed by atoms with Gasteiger partial charge >= 0.3 is 0 Å². The summed E-state index contributed by atoms with van der Waals surface area (Å²) < 4.78 is 40.5. The Hall–Kier alpha value is -2.73. The molecule has 0 saturated carbocycles. The average Bonchev–Trinajstić information content (AvgIpc) is 3.09. The standard InChI is InChI=1S/C20H20F2N2O2/c1-13(25-2)12-24-9-8-23-20(24)16-10-14(4-6-17(16)21)15-5-7-19(26-3)18(22)11-15/h4-11,13H,12H2,1-3H3. The van der Waals surface area contributed by atoms with Crippen LogP contribution in [0, 0.1) is 11.6 Å². The van der Waals surface area contributed by atoms with Crippen molar-refractivity contribution in [2.75, 3.05) is 14.2 Å². The first-order chi connectivity index (χ1) is 12.5. The Bertz CT molecular complexity index is 909. The number of hydrogen-bond acceptors (Lipinski definition) is 3. The summed E-state index contributed by atoms with van der Waals surface area (Å²) in [5.74, 6) is -0.186. The third kappa shape index (κ3) is 3.60. The number of nitrogens with zero attached hydrogens (tertiary/aromatic N) is 2. The van der Waals surface area contributed by atoms with E-state index in [0.29, 0.717) is 29.1 Å². The van der Waals surface area contributed by atoms with Gasteiger partial charge in [-0.1, -0.05) is 12.1 Å². The largest absolute Gasteiger partial charge is 0.494 e. The van der Waals surface area contributed by atoms with Crippen molar-refractivity contribution in [1.29, 1.82) is 0 Å². The Morgan fingerprint density at radius 3 is 2.46 bits per heavy atom. The summed E-state index contributed by atoms with van der Waals surface area (Å²) in [5, 5.41) is 0. The molecule has 0 aliphatic heterocycles. The first-order valence-corrected chi connectivity index (χ1v) is 8.21. The second-order valence-electron chi connectivity index (χ2n) is 5.99. The van der Waals surface area contributed by atoms with Gasteiger partial charge in [-0.25, -0.2) is 13.8 Å². The lowest BCUT2D eigenvalue weighted by atomic mass is 10.0. The Balaban J connectivity index is 2.02. The summed E-state index contributed by atoms with van der Waals surface area (Å²) >= 11 is 0. The van der Waals surface area contributed by atoms with Crippen LogP contribution in [0.2, 0.25) is 0 Å². The second-order valence-corrected chi connectivity index (χ2v) is 5.99. The molecule has 0 aliphatic carbocycles. The number of ether oxygens (including phenoxy) is 2. The van der Waals surface area contributed by atoms with Gasteiger partial charge in [0.2, 0.25) is 0 Å². The van der Waals surface area contributed by atoms with Crippen molar-refractivity contribution in [3.63, 3.8) is 0 Å². The van der Waals surface area contributed by atoms with Crippen LogP contribution in [-0.2, 0) is 11.3 Å². The molecular weight excluding hydrogens is 338 g/mol. The summed E-state index contributed by atoms with van der Waals surface area (Å²) in [6, 6.07) is 9.31. The highest BCUT2D eigenvalue weighted by atomic mass is 19.1.